The molecule has 3 aromatic carbocycles. The summed E-state index contributed by atoms with van der Waals surface area (Å²) in [6.45, 7) is 5.04. The molecular weight excluding hydrogens is 426 g/mol. The quantitative estimate of drug-likeness (QED) is 0.510. The Morgan fingerprint density at radius 2 is 1.71 bits per heavy atom. The van der Waals surface area contributed by atoms with Crippen LogP contribution < -0.4 is 19.5 Å². The topological polar surface area (TPSA) is 56.8 Å². The Morgan fingerprint density at radius 1 is 0.971 bits per heavy atom. The van der Waals surface area contributed by atoms with Gasteiger partial charge in [0, 0.05) is 35.4 Å². The van der Waals surface area contributed by atoms with Gasteiger partial charge in [-0.2, -0.15) is 0 Å². The number of nitrogens with one attached hydrogen (secondary N) is 1. The van der Waals surface area contributed by atoms with E-state index in [4.69, 9.17) is 14.2 Å². The molecule has 0 aromatic heterocycles. The van der Waals surface area contributed by atoms with E-state index in [-0.39, 0.29) is 23.9 Å². The predicted octanol–water partition coefficient (Wildman–Crippen LogP) is 6.19. The van der Waals surface area contributed by atoms with Gasteiger partial charge >= 0.3 is 0 Å². The monoisotopic (exact) mass is 453 g/mol. The number of ketones is 1. The second kappa shape index (κ2) is 7.94. The molecule has 1 atom stereocenters. The van der Waals surface area contributed by atoms with Gasteiger partial charge in [-0.3, -0.25) is 4.79 Å². The summed E-state index contributed by atoms with van der Waals surface area (Å²) in [7, 11) is 0. The fraction of sp³-hybridized carbons (Fsp3) is 0.276. The number of anilines is 1. The van der Waals surface area contributed by atoms with Crippen LogP contribution in [0.3, 0.4) is 0 Å². The Hall–Kier alpha value is -3.73. The van der Waals surface area contributed by atoms with Crippen LogP contribution in [0.2, 0.25) is 0 Å². The SMILES string of the molecule is CC1(C)CC(=O)C2=C(C1)Nc1cc3c(cc1[C@H]2c1ccc(OCc2ccccc2)cc1)OCO3. The summed E-state index contributed by atoms with van der Waals surface area (Å²) in [6.07, 6.45) is 1.37. The number of allylic oxidation sites excluding steroid dienone is 2. The largest absolute Gasteiger partial charge is 0.489 e. The molecule has 5 nitrogen and oxygen atoms in total. The number of fused-ring (bicyclic) bond motifs is 2. The molecule has 0 radical (unpaired) electrons. The molecule has 0 unspecified atom stereocenters. The number of Topliss-reactive ketones (excluding diaryl/α,β-unsaturated/α-hetero) is 1. The summed E-state index contributed by atoms with van der Waals surface area (Å²) >= 11 is 0. The summed E-state index contributed by atoms with van der Waals surface area (Å²) in [6, 6.07) is 22.3. The highest BCUT2D eigenvalue weighted by atomic mass is 16.7. The summed E-state index contributed by atoms with van der Waals surface area (Å²) in [5.41, 5.74) is 6.01. The Balaban J connectivity index is 1.37. The standard InChI is InChI=1S/C29H27NO4/c1-29(2)14-23-28(24(31)15-29)27(21-12-25-26(34-17-33-25)13-22(21)30-23)19-8-10-20(11-9-19)32-16-18-6-4-3-5-7-18/h3-13,27,30H,14-17H2,1-2H3/t27-/m1/s1. The van der Waals surface area contributed by atoms with Gasteiger partial charge < -0.3 is 19.5 Å². The molecule has 5 heteroatoms. The Labute approximate surface area is 199 Å². The van der Waals surface area contributed by atoms with Crippen LogP contribution in [-0.2, 0) is 11.4 Å². The van der Waals surface area contributed by atoms with Crippen LogP contribution in [0.4, 0.5) is 5.69 Å². The molecule has 2 aliphatic heterocycles. The van der Waals surface area contributed by atoms with E-state index in [2.05, 4.69) is 43.4 Å². The van der Waals surface area contributed by atoms with Gasteiger partial charge in [0.05, 0.1) is 0 Å². The van der Waals surface area contributed by atoms with E-state index in [0.717, 1.165) is 57.3 Å². The molecule has 172 valence electrons. The minimum atomic E-state index is -0.160. The van der Waals surface area contributed by atoms with E-state index >= 15 is 0 Å². The molecule has 3 aromatic rings. The number of rotatable bonds is 4. The Kier molecular flexibility index (Phi) is 4.87. The Bertz CT molecular complexity index is 1290. The lowest BCUT2D eigenvalue weighted by Crippen LogP contribution is -2.33. The third kappa shape index (κ3) is 3.71. The maximum atomic E-state index is 13.4. The van der Waals surface area contributed by atoms with Crippen LogP contribution in [0, 0.1) is 5.41 Å². The highest BCUT2D eigenvalue weighted by Gasteiger charge is 2.41. The average Bonchev–Trinajstić information content (AvgIpc) is 3.28. The molecule has 6 rings (SSSR count). The normalized spacial score (nSPS) is 19.8. The van der Waals surface area contributed by atoms with Crippen molar-refractivity contribution in [1.82, 2.24) is 0 Å². The first-order valence-corrected chi connectivity index (χ1v) is 11.7. The second-order valence-electron chi connectivity index (χ2n) is 10.0. The van der Waals surface area contributed by atoms with Crippen LogP contribution >= 0.6 is 0 Å². The number of carbonyl (C=O) groups is 1. The second-order valence-corrected chi connectivity index (χ2v) is 10.0. The Morgan fingerprint density at radius 3 is 2.47 bits per heavy atom. The van der Waals surface area contributed by atoms with E-state index in [0.29, 0.717) is 13.0 Å². The van der Waals surface area contributed by atoms with E-state index in [1.165, 1.54) is 0 Å². The molecule has 0 bridgehead atoms. The van der Waals surface area contributed by atoms with Crippen molar-refractivity contribution < 1.29 is 19.0 Å². The van der Waals surface area contributed by atoms with Crippen LogP contribution in [0.5, 0.6) is 17.2 Å². The molecule has 1 N–H and O–H groups in total. The number of hydrogen-bond acceptors (Lipinski definition) is 5. The van der Waals surface area contributed by atoms with Crippen molar-refractivity contribution >= 4 is 11.5 Å². The third-order valence-corrected chi connectivity index (χ3v) is 6.81. The van der Waals surface area contributed by atoms with Crippen molar-refractivity contribution in [3.8, 4) is 17.2 Å². The molecule has 0 saturated carbocycles. The summed E-state index contributed by atoms with van der Waals surface area (Å²) in [5.74, 6) is 2.31. The van der Waals surface area contributed by atoms with Crippen LogP contribution in [0.25, 0.3) is 0 Å². The van der Waals surface area contributed by atoms with Gasteiger partial charge in [0.25, 0.3) is 0 Å². The fourth-order valence-corrected chi connectivity index (χ4v) is 5.25. The maximum absolute atomic E-state index is 13.4. The van der Waals surface area contributed by atoms with Crippen molar-refractivity contribution in [1.29, 1.82) is 0 Å². The lowest BCUT2D eigenvalue weighted by Gasteiger charge is -2.39. The van der Waals surface area contributed by atoms with Crippen molar-refractivity contribution in [2.75, 3.05) is 12.1 Å². The number of carbonyl (C=O) groups excluding carboxylic acids is 1. The van der Waals surface area contributed by atoms with Gasteiger partial charge in [-0.1, -0.05) is 56.3 Å². The van der Waals surface area contributed by atoms with Crippen molar-refractivity contribution in [3.63, 3.8) is 0 Å². The molecule has 34 heavy (non-hydrogen) atoms. The zero-order valence-corrected chi connectivity index (χ0v) is 19.4. The maximum Gasteiger partial charge on any atom is 0.231 e. The first-order chi connectivity index (χ1) is 16.5. The van der Waals surface area contributed by atoms with Gasteiger partial charge in [0.15, 0.2) is 17.3 Å². The van der Waals surface area contributed by atoms with Gasteiger partial charge in [-0.15, -0.1) is 0 Å². The molecule has 1 aliphatic carbocycles. The molecular formula is C29H27NO4. The average molecular weight is 454 g/mol. The smallest absolute Gasteiger partial charge is 0.231 e. The molecule has 0 fully saturated rings. The van der Waals surface area contributed by atoms with Gasteiger partial charge in [-0.25, -0.2) is 0 Å². The number of benzene rings is 3. The van der Waals surface area contributed by atoms with Crippen LogP contribution in [0.1, 0.15) is 49.3 Å². The molecule has 0 spiro atoms. The van der Waals surface area contributed by atoms with E-state index in [1.54, 1.807) is 0 Å². The van der Waals surface area contributed by atoms with E-state index in [9.17, 15) is 4.79 Å². The van der Waals surface area contributed by atoms with Crippen LogP contribution in [-0.4, -0.2) is 12.6 Å². The lowest BCUT2D eigenvalue weighted by atomic mass is 9.68. The zero-order chi connectivity index (χ0) is 23.3. The van der Waals surface area contributed by atoms with Crippen molar-refractivity contribution in [3.05, 3.63) is 94.7 Å². The number of hydrogen-bond donors (Lipinski definition) is 1. The highest BCUT2D eigenvalue weighted by Crippen LogP contribution is 2.51. The minimum absolute atomic E-state index is 0.0730. The van der Waals surface area contributed by atoms with Crippen molar-refractivity contribution in [2.45, 2.75) is 39.2 Å². The predicted molar refractivity (Wildman–Crippen MR) is 130 cm³/mol. The molecule has 3 aliphatic rings. The first kappa shape index (κ1) is 20.8. The van der Waals surface area contributed by atoms with Gasteiger partial charge in [-0.05, 0) is 46.7 Å². The van der Waals surface area contributed by atoms with Crippen molar-refractivity contribution in [2.24, 2.45) is 5.41 Å². The third-order valence-electron chi connectivity index (χ3n) is 6.81. The van der Waals surface area contributed by atoms with E-state index < -0.39 is 0 Å². The van der Waals surface area contributed by atoms with E-state index in [1.807, 2.05) is 42.5 Å². The zero-order valence-electron chi connectivity index (χ0n) is 19.4. The first-order valence-electron chi connectivity index (χ1n) is 11.7. The van der Waals surface area contributed by atoms with Gasteiger partial charge in [0.1, 0.15) is 12.4 Å². The summed E-state index contributed by atoms with van der Waals surface area (Å²) in [4.78, 5) is 13.4. The van der Waals surface area contributed by atoms with Gasteiger partial charge in [0.2, 0.25) is 6.79 Å². The summed E-state index contributed by atoms with van der Waals surface area (Å²) in [5, 5.41) is 3.56. The highest BCUT2D eigenvalue weighted by molar-refractivity contribution is 6.01. The number of ether oxygens (including phenoxy) is 3. The molecule has 2 heterocycles. The summed E-state index contributed by atoms with van der Waals surface area (Å²) < 4.78 is 17.3. The molecule has 0 amide bonds. The minimum Gasteiger partial charge on any atom is -0.489 e. The van der Waals surface area contributed by atoms with Crippen LogP contribution in [0.15, 0.2) is 78.0 Å². The lowest BCUT2D eigenvalue weighted by molar-refractivity contribution is -0.118. The molecule has 0 saturated heterocycles. The fourth-order valence-electron chi connectivity index (χ4n) is 5.25.